The average Bonchev–Trinajstić information content (AvgIpc) is 2.34. The van der Waals surface area contributed by atoms with Gasteiger partial charge in [0.2, 0.25) is 0 Å². The molecule has 0 bridgehead atoms. The molecule has 1 aromatic carbocycles. The lowest BCUT2D eigenvalue weighted by atomic mass is 10.1. The first-order valence-corrected chi connectivity index (χ1v) is 7.53. The van der Waals surface area contributed by atoms with Crippen LogP contribution in [0, 0.1) is 5.92 Å². The van der Waals surface area contributed by atoms with Gasteiger partial charge in [-0.1, -0.05) is 19.1 Å². The smallest absolute Gasteiger partial charge is 0.308 e. The predicted molar refractivity (Wildman–Crippen MR) is 73.3 cm³/mol. The first-order chi connectivity index (χ1) is 8.90. The lowest BCUT2D eigenvalue weighted by Crippen LogP contribution is -2.31. The number of carboxylic acid groups (broad SMARTS) is 1. The second-order valence-electron chi connectivity index (χ2n) is 4.37. The fraction of sp³-hybridized carbons (Fsp3) is 0.385. The zero-order chi connectivity index (χ0) is 14.4. The molecular weight excluding hydrogens is 266 g/mol. The predicted octanol–water partition coefficient (Wildman–Crippen LogP) is 1.02. The van der Waals surface area contributed by atoms with Crippen molar-refractivity contribution in [2.24, 2.45) is 5.92 Å². The van der Waals surface area contributed by atoms with Crippen LogP contribution in [0.5, 0.6) is 0 Å². The molecule has 6 heteroatoms. The van der Waals surface area contributed by atoms with Gasteiger partial charge in [0.25, 0.3) is 5.91 Å². The fourth-order valence-electron chi connectivity index (χ4n) is 1.47. The van der Waals surface area contributed by atoms with E-state index in [1.165, 1.54) is 6.92 Å². The summed E-state index contributed by atoms with van der Waals surface area (Å²) in [5.74, 6) is -1.50. The molecule has 0 aliphatic heterocycles. The van der Waals surface area contributed by atoms with Crippen LogP contribution >= 0.6 is 0 Å². The van der Waals surface area contributed by atoms with Crippen LogP contribution in [0.3, 0.4) is 0 Å². The van der Waals surface area contributed by atoms with Crippen LogP contribution < -0.4 is 5.32 Å². The molecule has 1 amide bonds. The maximum atomic E-state index is 11.8. The SMILES string of the molecule is CC(CNC(=O)c1cccc(CS(C)=O)c1)C(=O)O. The summed E-state index contributed by atoms with van der Waals surface area (Å²) in [7, 11) is -0.965. The first-order valence-electron chi connectivity index (χ1n) is 5.80. The molecule has 0 aromatic heterocycles. The highest BCUT2D eigenvalue weighted by molar-refractivity contribution is 7.83. The highest BCUT2D eigenvalue weighted by atomic mass is 32.2. The van der Waals surface area contributed by atoms with Gasteiger partial charge in [0.1, 0.15) is 0 Å². The van der Waals surface area contributed by atoms with E-state index in [0.29, 0.717) is 11.3 Å². The molecule has 19 heavy (non-hydrogen) atoms. The van der Waals surface area contributed by atoms with E-state index < -0.39 is 22.7 Å². The molecule has 104 valence electrons. The van der Waals surface area contributed by atoms with Gasteiger partial charge in [-0.3, -0.25) is 13.8 Å². The van der Waals surface area contributed by atoms with Gasteiger partial charge in [0, 0.05) is 34.9 Å². The van der Waals surface area contributed by atoms with E-state index in [9.17, 15) is 13.8 Å². The number of rotatable bonds is 6. The van der Waals surface area contributed by atoms with Crippen LogP contribution in [0.2, 0.25) is 0 Å². The van der Waals surface area contributed by atoms with Crippen LogP contribution in [0.25, 0.3) is 0 Å². The van der Waals surface area contributed by atoms with Gasteiger partial charge in [-0.15, -0.1) is 0 Å². The van der Waals surface area contributed by atoms with Crippen molar-refractivity contribution >= 4 is 22.7 Å². The summed E-state index contributed by atoms with van der Waals surface area (Å²) in [6.45, 7) is 1.61. The van der Waals surface area contributed by atoms with Crippen LogP contribution in [0.4, 0.5) is 0 Å². The van der Waals surface area contributed by atoms with Crippen molar-refractivity contribution < 1.29 is 18.9 Å². The maximum absolute atomic E-state index is 11.8. The molecule has 2 unspecified atom stereocenters. The second kappa shape index (κ2) is 7.04. The molecule has 0 aliphatic carbocycles. The topological polar surface area (TPSA) is 83.5 Å². The van der Waals surface area contributed by atoms with Crippen molar-refractivity contribution in [2.45, 2.75) is 12.7 Å². The van der Waals surface area contributed by atoms with E-state index in [2.05, 4.69) is 5.32 Å². The summed E-state index contributed by atoms with van der Waals surface area (Å²) in [5, 5.41) is 11.3. The fourth-order valence-corrected chi connectivity index (χ4v) is 2.12. The number of hydrogen-bond donors (Lipinski definition) is 2. The molecule has 0 fully saturated rings. The Labute approximate surface area is 114 Å². The zero-order valence-electron chi connectivity index (χ0n) is 10.9. The van der Waals surface area contributed by atoms with Crippen LogP contribution in [-0.4, -0.2) is 34.0 Å². The summed E-state index contributed by atoms with van der Waals surface area (Å²) < 4.78 is 11.1. The lowest BCUT2D eigenvalue weighted by Gasteiger charge is -2.09. The van der Waals surface area contributed by atoms with Crippen molar-refractivity contribution in [3.63, 3.8) is 0 Å². The molecule has 0 saturated heterocycles. The van der Waals surface area contributed by atoms with Crippen molar-refractivity contribution in [3.8, 4) is 0 Å². The zero-order valence-corrected chi connectivity index (χ0v) is 11.7. The van der Waals surface area contributed by atoms with E-state index in [1.54, 1.807) is 30.5 Å². The number of carbonyl (C=O) groups excluding carboxylic acids is 1. The molecule has 0 heterocycles. The van der Waals surface area contributed by atoms with Gasteiger partial charge < -0.3 is 10.4 Å². The normalized spacial score (nSPS) is 13.6. The monoisotopic (exact) mass is 283 g/mol. The maximum Gasteiger partial charge on any atom is 0.308 e. The van der Waals surface area contributed by atoms with E-state index in [4.69, 9.17) is 5.11 Å². The van der Waals surface area contributed by atoms with Gasteiger partial charge in [-0.05, 0) is 17.7 Å². The van der Waals surface area contributed by atoms with E-state index in [1.807, 2.05) is 0 Å². The molecular formula is C13H17NO4S. The summed E-state index contributed by atoms with van der Waals surface area (Å²) in [6.07, 6.45) is 1.60. The number of hydrogen-bond acceptors (Lipinski definition) is 3. The van der Waals surface area contributed by atoms with Crippen LogP contribution in [-0.2, 0) is 21.3 Å². The number of nitrogens with one attached hydrogen (secondary N) is 1. The van der Waals surface area contributed by atoms with Crippen molar-refractivity contribution in [3.05, 3.63) is 35.4 Å². The molecule has 0 spiro atoms. The molecule has 0 saturated carbocycles. The average molecular weight is 283 g/mol. The van der Waals surface area contributed by atoms with Gasteiger partial charge in [-0.25, -0.2) is 0 Å². The third kappa shape index (κ3) is 5.21. The Bertz CT molecular complexity index is 501. The van der Waals surface area contributed by atoms with Crippen molar-refractivity contribution in [1.29, 1.82) is 0 Å². The summed E-state index contributed by atoms with van der Waals surface area (Å²) >= 11 is 0. The van der Waals surface area contributed by atoms with Crippen LogP contribution in [0.1, 0.15) is 22.8 Å². The van der Waals surface area contributed by atoms with Crippen molar-refractivity contribution in [1.82, 2.24) is 5.32 Å². The molecule has 1 rings (SSSR count). The molecule has 2 N–H and O–H groups in total. The van der Waals surface area contributed by atoms with E-state index in [-0.39, 0.29) is 12.5 Å². The molecule has 2 atom stereocenters. The Morgan fingerprint density at radius 1 is 1.42 bits per heavy atom. The molecule has 0 radical (unpaired) electrons. The second-order valence-corrected chi connectivity index (χ2v) is 5.80. The van der Waals surface area contributed by atoms with Crippen LogP contribution in [0.15, 0.2) is 24.3 Å². The Morgan fingerprint density at radius 3 is 2.68 bits per heavy atom. The number of carboxylic acids is 1. The molecule has 0 aliphatic rings. The molecule has 5 nitrogen and oxygen atoms in total. The minimum Gasteiger partial charge on any atom is -0.481 e. The Morgan fingerprint density at radius 2 is 2.11 bits per heavy atom. The van der Waals surface area contributed by atoms with E-state index >= 15 is 0 Å². The summed E-state index contributed by atoms with van der Waals surface area (Å²) in [4.78, 5) is 22.5. The quantitative estimate of drug-likeness (QED) is 0.816. The van der Waals surface area contributed by atoms with Gasteiger partial charge in [-0.2, -0.15) is 0 Å². The number of aliphatic carboxylic acids is 1. The lowest BCUT2D eigenvalue weighted by molar-refractivity contribution is -0.140. The van der Waals surface area contributed by atoms with Gasteiger partial charge in [0.05, 0.1) is 5.92 Å². The minimum absolute atomic E-state index is 0.0815. The number of benzene rings is 1. The Kier molecular flexibility index (Phi) is 5.69. The first kappa shape index (κ1) is 15.4. The summed E-state index contributed by atoms with van der Waals surface area (Å²) in [6, 6.07) is 6.83. The number of carbonyl (C=O) groups is 2. The van der Waals surface area contributed by atoms with E-state index in [0.717, 1.165) is 5.56 Å². The third-order valence-electron chi connectivity index (χ3n) is 2.55. The number of amides is 1. The highest BCUT2D eigenvalue weighted by Gasteiger charge is 2.13. The Balaban J connectivity index is 2.66. The Hall–Kier alpha value is -1.69. The largest absolute Gasteiger partial charge is 0.481 e. The minimum atomic E-state index is -0.965. The van der Waals surface area contributed by atoms with Gasteiger partial charge in [0.15, 0.2) is 0 Å². The third-order valence-corrected chi connectivity index (χ3v) is 3.29. The molecule has 1 aromatic rings. The highest BCUT2D eigenvalue weighted by Crippen LogP contribution is 2.07. The summed E-state index contributed by atoms with van der Waals surface area (Å²) in [5.41, 5.74) is 1.26. The standard InChI is InChI=1S/C13H17NO4S/c1-9(13(16)17)7-14-12(15)11-5-3-4-10(6-11)8-19(2)18/h3-6,9H,7-8H2,1-2H3,(H,14,15)(H,16,17). The van der Waals surface area contributed by atoms with Crippen molar-refractivity contribution in [2.75, 3.05) is 12.8 Å². The van der Waals surface area contributed by atoms with Gasteiger partial charge >= 0.3 is 5.97 Å².